The number of benzene rings is 1. The van der Waals surface area contributed by atoms with E-state index < -0.39 is 29.7 Å². The molecule has 1 atom stereocenters. The molecule has 9 heteroatoms. The van der Waals surface area contributed by atoms with Gasteiger partial charge in [0.2, 0.25) is 5.92 Å². The van der Waals surface area contributed by atoms with Crippen molar-refractivity contribution in [3.63, 3.8) is 0 Å². The lowest BCUT2D eigenvalue weighted by Gasteiger charge is -2.19. The van der Waals surface area contributed by atoms with E-state index in [0.29, 0.717) is 0 Å². The second-order valence-corrected chi connectivity index (χ2v) is 6.02. The Bertz CT molecular complexity index is 644. The summed E-state index contributed by atoms with van der Waals surface area (Å²) in [4.78, 5) is 36.4. The van der Waals surface area contributed by atoms with Crippen LogP contribution in [-0.2, 0) is 23.9 Å². The predicted molar refractivity (Wildman–Crippen MR) is 93.3 cm³/mol. The SMILES string of the molecule is CCOC(=O)C(C(=O)OCC)C(=O)C(C)Oc1cc(Cl)c(Cl)cc1Cl. The van der Waals surface area contributed by atoms with Crippen LogP contribution in [0.3, 0.4) is 0 Å². The zero-order chi connectivity index (χ0) is 19.1. The molecule has 0 fully saturated rings. The van der Waals surface area contributed by atoms with E-state index in [1.54, 1.807) is 13.8 Å². The third-order valence-electron chi connectivity index (χ3n) is 3.01. The smallest absolute Gasteiger partial charge is 0.328 e. The molecule has 0 N–H and O–H groups in total. The fourth-order valence-corrected chi connectivity index (χ4v) is 2.44. The molecule has 0 heterocycles. The van der Waals surface area contributed by atoms with Gasteiger partial charge in [-0.15, -0.1) is 0 Å². The van der Waals surface area contributed by atoms with Crippen molar-refractivity contribution in [3.8, 4) is 5.75 Å². The molecular weight excluding hydrogens is 395 g/mol. The molecule has 0 amide bonds. The lowest BCUT2D eigenvalue weighted by Crippen LogP contribution is -2.41. The average Bonchev–Trinajstić information content (AvgIpc) is 2.53. The van der Waals surface area contributed by atoms with Gasteiger partial charge in [0, 0.05) is 6.07 Å². The predicted octanol–water partition coefficient (Wildman–Crippen LogP) is 3.73. The molecule has 0 aliphatic heterocycles. The Morgan fingerprint density at radius 1 is 0.920 bits per heavy atom. The maximum absolute atomic E-state index is 12.5. The zero-order valence-corrected chi connectivity index (χ0v) is 16.1. The largest absolute Gasteiger partial charge is 0.481 e. The highest BCUT2D eigenvalue weighted by Gasteiger charge is 2.40. The number of rotatable bonds is 8. The van der Waals surface area contributed by atoms with Gasteiger partial charge in [-0.1, -0.05) is 34.8 Å². The molecule has 0 aliphatic rings. The van der Waals surface area contributed by atoms with E-state index in [-0.39, 0.29) is 34.0 Å². The lowest BCUT2D eigenvalue weighted by atomic mass is 10.0. The number of hydrogen-bond acceptors (Lipinski definition) is 6. The number of carbonyl (C=O) groups is 3. The van der Waals surface area contributed by atoms with Crippen molar-refractivity contribution >= 4 is 52.5 Å². The fourth-order valence-electron chi connectivity index (χ4n) is 1.86. The van der Waals surface area contributed by atoms with Crippen molar-refractivity contribution in [1.29, 1.82) is 0 Å². The third-order valence-corrected chi connectivity index (χ3v) is 4.03. The fraction of sp³-hybridized carbons (Fsp3) is 0.438. The van der Waals surface area contributed by atoms with Gasteiger partial charge in [-0.25, -0.2) is 0 Å². The van der Waals surface area contributed by atoms with Crippen LogP contribution in [0.4, 0.5) is 0 Å². The Morgan fingerprint density at radius 3 is 1.88 bits per heavy atom. The summed E-state index contributed by atoms with van der Waals surface area (Å²) in [6, 6.07) is 2.69. The van der Waals surface area contributed by atoms with Crippen LogP contribution in [0.15, 0.2) is 12.1 Å². The van der Waals surface area contributed by atoms with Crippen LogP contribution in [0, 0.1) is 5.92 Å². The van der Waals surface area contributed by atoms with Crippen molar-refractivity contribution in [2.45, 2.75) is 26.9 Å². The molecule has 0 saturated heterocycles. The quantitative estimate of drug-likeness (QED) is 0.368. The highest BCUT2D eigenvalue weighted by Crippen LogP contribution is 2.34. The van der Waals surface area contributed by atoms with Crippen molar-refractivity contribution in [1.82, 2.24) is 0 Å². The second kappa shape index (κ2) is 9.85. The Balaban J connectivity index is 3.01. The monoisotopic (exact) mass is 410 g/mol. The number of ether oxygens (including phenoxy) is 3. The molecule has 25 heavy (non-hydrogen) atoms. The van der Waals surface area contributed by atoms with Gasteiger partial charge in [0.25, 0.3) is 0 Å². The highest BCUT2D eigenvalue weighted by molar-refractivity contribution is 6.43. The molecule has 1 rings (SSSR count). The summed E-state index contributed by atoms with van der Waals surface area (Å²) in [6.07, 6.45) is -1.19. The molecule has 6 nitrogen and oxygen atoms in total. The van der Waals surface area contributed by atoms with Crippen LogP contribution in [0.1, 0.15) is 20.8 Å². The van der Waals surface area contributed by atoms with E-state index in [4.69, 9.17) is 49.0 Å². The van der Waals surface area contributed by atoms with Gasteiger partial charge in [0.05, 0.1) is 28.3 Å². The van der Waals surface area contributed by atoms with Gasteiger partial charge in [0.1, 0.15) is 5.75 Å². The minimum Gasteiger partial charge on any atom is -0.481 e. The number of carbonyl (C=O) groups excluding carboxylic acids is 3. The summed E-state index contributed by atoms with van der Waals surface area (Å²) < 4.78 is 15.0. The Hall–Kier alpha value is -1.50. The first-order chi connectivity index (χ1) is 11.7. The van der Waals surface area contributed by atoms with Crippen molar-refractivity contribution < 1.29 is 28.6 Å². The van der Waals surface area contributed by atoms with Crippen molar-refractivity contribution in [2.75, 3.05) is 13.2 Å². The molecule has 1 aromatic carbocycles. The summed E-state index contributed by atoms with van der Waals surface area (Å²) in [5, 5.41) is 0.514. The number of ketones is 1. The molecular formula is C16H17Cl3O6. The van der Waals surface area contributed by atoms with Crippen LogP contribution in [-0.4, -0.2) is 37.0 Å². The summed E-state index contributed by atoms with van der Waals surface area (Å²) in [5.41, 5.74) is 0. The number of Topliss-reactive ketones (excluding diaryl/α,β-unsaturated/α-hetero) is 1. The number of halogens is 3. The van der Waals surface area contributed by atoms with Crippen molar-refractivity contribution in [3.05, 3.63) is 27.2 Å². The van der Waals surface area contributed by atoms with Crippen LogP contribution < -0.4 is 4.74 Å². The van der Waals surface area contributed by atoms with Crippen molar-refractivity contribution in [2.24, 2.45) is 5.92 Å². The average molecular weight is 412 g/mol. The Labute approximate surface area is 160 Å². The minimum absolute atomic E-state index is 0.00980. The molecule has 0 spiro atoms. The van der Waals surface area contributed by atoms with Crippen LogP contribution in [0.5, 0.6) is 5.75 Å². The van der Waals surface area contributed by atoms with E-state index in [1.165, 1.54) is 19.1 Å². The molecule has 0 radical (unpaired) electrons. The van der Waals surface area contributed by atoms with E-state index in [0.717, 1.165) is 0 Å². The first-order valence-electron chi connectivity index (χ1n) is 7.41. The highest BCUT2D eigenvalue weighted by atomic mass is 35.5. The summed E-state index contributed by atoms with van der Waals surface area (Å²) in [5.74, 6) is -4.47. The first-order valence-corrected chi connectivity index (χ1v) is 8.54. The lowest BCUT2D eigenvalue weighted by molar-refractivity contribution is -0.165. The number of hydrogen-bond donors (Lipinski definition) is 0. The molecule has 0 bridgehead atoms. The van der Waals surface area contributed by atoms with Gasteiger partial charge in [0.15, 0.2) is 11.9 Å². The summed E-state index contributed by atoms with van der Waals surface area (Å²) >= 11 is 17.7. The van der Waals surface area contributed by atoms with Gasteiger partial charge in [-0.2, -0.15) is 0 Å². The molecule has 1 aromatic rings. The molecule has 0 aromatic heterocycles. The normalized spacial score (nSPS) is 11.8. The maximum atomic E-state index is 12.5. The first kappa shape index (κ1) is 21.5. The van der Waals surface area contributed by atoms with E-state index in [9.17, 15) is 14.4 Å². The molecule has 138 valence electrons. The van der Waals surface area contributed by atoms with E-state index >= 15 is 0 Å². The Morgan fingerprint density at radius 2 is 1.40 bits per heavy atom. The van der Waals surface area contributed by atoms with E-state index in [2.05, 4.69) is 0 Å². The van der Waals surface area contributed by atoms with Crippen LogP contribution >= 0.6 is 34.8 Å². The van der Waals surface area contributed by atoms with Gasteiger partial charge >= 0.3 is 11.9 Å². The van der Waals surface area contributed by atoms with Gasteiger partial charge in [-0.05, 0) is 26.8 Å². The Kier molecular flexibility index (Phi) is 8.48. The summed E-state index contributed by atoms with van der Waals surface area (Å²) in [6.45, 7) is 4.50. The molecule has 1 unspecified atom stereocenters. The topological polar surface area (TPSA) is 78.9 Å². The maximum Gasteiger partial charge on any atom is 0.328 e. The standard InChI is InChI=1S/C16H17Cl3O6/c1-4-23-15(21)13(16(22)24-5-2)14(20)8(3)25-12-7-10(18)9(17)6-11(12)19/h6-8,13H,4-5H2,1-3H3. The van der Waals surface area contributed by atoms with Gasteiger partial charge < -0.3 is 14.2 Å². The van der Waals surface area contributed by atoms with E-state index in [1.807, 2.05) is 0 Å². The van der Waals surface area contributed by atoms with Crippen LogP contribution in [0.2, 0.25) is 15.1 Å². The molecule has 0 aliphatic carbocycles. The summed E-state index contributed by atoms with van der Waals surface area (Å²) in [7, 11) is 0. The molecule has 0 saturated carbocycles. The van der Waals surface area contributed by atoms with Gasteiger partial charge in [-0.3, -0.25) is 14.4 Å². The second-order valence-electron chi connectivity index (χ2n) is 4.80. The third kappa shape index (κ3) is 5.76. The zero-order valence-electron chi connectivity index (χ0n) is 13.8. The van der Waals surface area contributed by atoms with Crippen LogP contribution in [0.25, 0.3) is 0 Å². The number of esters is 2. The minimum atomic E-state index is -1.74.